The molecule has 0 aliphatic carbocycles. The molecule has 1 rings (SSSR count). The third-order valence-corrected chi connectivity index (χ3v) is 5.09. The minimum atomic E-state index is -3.61. The van der Waals surface area contributed by atoms with Crippen LogP contribution in [0.4, 0.5) is 0 Å². The Hall–Kier alpha value is -1.40. The van der Waals surface area contributed by atoms with E-state index in [2.05, 4.69) is 23.3 Å². The predicted octanol–water partition coefficient (Wildman–Crippen LogP) is 2.97. The molecular weight excluding hydrogens is 302 g/mol. The van der Waals surface area contributed by atoms with Gasteiger partial charge in [0, 0.05) is 6.54 Å². The van der Waals surface area contributed by atoms with E-state index >= 15 is 0 Å². The number of hydrogen-bond acceptors (Lipinski definition) is 4. The fourth-order valence-electron chi connectivity index (χ4n) is 2.16. The van der Waals surface area contributed by atoms with Crippen molar-refractivity contribution in [2.45, 2.75) is 44.4 Å². The Balaban J connectivity index is 2.79. The topological polar surface area (TPSA) is 72.5 Å². The molecule has 0 aromatic heterocycles. The number of methoxy groups -OCH3 is 1. The molecule has 124 valence electrons. The van der Waals surface area contributed by atoms with Crippen LogP contribution in [-0.2, 0) is 14.8 Å². The number of rotatable bonds is 9. The molecule has 0 bridgehead atoms. The quantitative estimate of drug-likeness (QED) is 0.708. The number of hydrogen-bond donors (Lipinski definition) is 1. The summed E-state index contributed by atoms with van der Waals surface area (Å²) in [6.07, 6.45) is 4.14. The lowest BCUT2D eigenvalue weighted by Crippen LogP contribution is -2.29. The second kappa shape index (κ2) is 8.90. The molecule has 1 N–H and O–H groups in total. The molecular formula is C16H25NO4S. The first-order valence-corrected chi connectivity index (χ1v) is 9.11. The fourth-order valence-corrected chi connectivity index (χ4v) is 3.32. The maximum absolute atomic E-state index is 12.3. The van der Waals surface area contributed by atoms with Gasteiger partial charge in [-0.3, -0.25) is 0 Å². The van der Waals surface area contributed by atoms with Gasteiger partial charge in [-0.2, -0.15) is 0 Å². The van der Waals surface area contributed by atoms with Crippen molar-refractivity contribution in [1.82, 2.24) is 4.72 Å². The summed E-state index contributed by atoms with van der Waals surface area (Å²) < 4.78 is 31.9. The van der Waals surface area contributed by atoms with E-state index in [4.69, 9.17) is 0 Å². The Bertz CT molecular complexity index is 584. The molecule has 0 aliphatic heterocycles. The van der Waals surface area contributed by atoms with Crippen LogP contribution in [0.3, 0.4) is 0 Å². The third-order valence-electron chi connectivity index (χ3n) is 3.67. The average Bonchev–Trinajstić information content (AvgIpc) is 2.54. The number of nitrogens with one attached hydrogen (secondary N) is 1. The normalized spacial score (nSPS) is 12.9. The fraction of sp³-hybridized carbons (Fsp3) is 0.562. The maximum Gasteiger partial charge on any atom is 0.337 e. The lowest BCUT2D eigenvalue weighted by Gasteiger charge is -2.15. The van der Waals surface area contributed by atoms with E-state index in [1.54, 1.807) is 0 Å². The number of carbonyl (C=O) groups is 1. The Kier molecular flexibility index (Phi) is 7.55. The molecule has 0 saturated carbocycles. The lowest BCUT2D eigenvalue weighted by atomic mass is 10.00. The highest BCUT2D eigenvalue weighted by molar-refractivity contribution is 7.89. The van der Waals surface area contributed by atoms with E-state index in [1.807, 2.05) is 0 Å². The zero-order valence-electron chi connectivity index (χ0n) is 13.5. The van der Waals surface area contributed by atoms with Crippen LogP contribution < -0.4 is 4.72 Å². The molecule has 1 atom stereocenters. The van der Waals surface area contributed by atoms with E-state index in [-0.39, 0.29) is 10.5 Å². The molecule has 1 aromatic carbocycles. The van der Waals surface area contributed by atoms with Gasteiger partial charge in [0.25, 0.3) is 0 Å². The van der Waals surface area contributed by atoms with Gasteiger partial charge in [0.15, 0.2) is 0 Å². The summed E-state index contributed by atoms with van der Waals surface area (Å²) in [5.74, 6) is -0.218. The van der Waals surface area contributed by atoms with Crippen molar-refractivity contribution >= 4 is 16.0 Å². The van der Waals surface area contributed by atoms with Gasteiger partial charge in [-0.25, -0.2) is 17.9 Å². The molecule has 1 unspecified atom stereocenters. The maximum atomic E-state index is 12.3. The number of sulfonamides is 1. The molecule has 0 fully saturated rings. The highest BCUT2D eigenvalue weighted by Crippen LogP contribution is 2.15. The zero-order valence-corrected chi connectivity index (χ0v) is 14.3. The second-order valence-electron chi connectivity index (χ2n) is 5.29. The number of benzene rings is 1. The van der Waals surface area contributed by atoms with E-state index < -0.39 is 16.0 Å². The van der Waals surface area contributed by atoms with Gasteiger partial charge in [-0.05, 0) is 30.5 Å². The van der Waals surface area contributed by atoms with Crippen molar-refractivity contribution in [2.24, 2.45) is 5.92 Å². The summed E-state index contributed by atoms with van der Waals surface area (Å²) in [4.78, 5) is 11.6. The summed E-state index contributed by atoms with van der Waals surface area (Å²) >= 11 is 0. The van der Waals surface area contributed by atoms with Crippen LogP contribution in [0.15, 0.2) is 29.2 Å². The van der Waals surface area contributed by atoms with Crippen LogP contribution in [-0.4, -0.2) is 28.0 Å². The van der Waals surface area contributed by atoms with Gasteiger partial charge < -0.3 is 4.74 Å². The van der Waals surface area contributed by atoms with Gasteiger partial charge in [0.2, 0.25) is 10.0 Å². The number of esters is 1. The number of unbranched alkanes of at least 4 members (excludes halogenated alkanes) is 1. The Morgan fingerprint density at radius 1 is 1.32 bits per heavy atom. The molecule has 5 nitrogen and oxygen atoms in total. The van der Waals surface area contributed by atoms with Crippen LogP contribution in [0.1, 0.15) is 49.9 Å². The average molecular weight is 327 g/mol. The highest BCUT2D eigenvalue weighted by Gasteiger charge is 2.18. The van der Waals surface area contributed by atoms with Crippen molar-refractivity contribution in [3.05, 3.63) is 29.8 Å². The zero-order chi connectivity index (χ0) is 16.6. The Labute approximate surface area is 133 Å². The molecule has 22 heavy (non-hydrogen) atoms. The van der Waals surface area contributed by atoms with Crippen molar-refractivity contribution in [3.63, 3.8) is 0 Å². The summed E-state index contributed by atoms with van der Waals surface area (Å²) in [5, 5.41) is 0. The summed E-state index contributed by atoms with van der Waals surface area (Å²) in [5.41, 5.74) is 0.225. The monoisotopic (exact) mass is 327 g/mol. The standard InChI is InChI=1S/C16H25NO4S/c1-4-6-8-13(5-2)12-17-22(19,20)15-10-7-9-14(11-15)16(18)21-3/h7,9-11,13,17H,4-6,8,12H2,1-3H3. The lowest BCUT2D eigenvalue weighted by molar-refractivity contribution is 0.0600. The number of ether oxygens (including phenoxy) is 1. The summed E-state index contributed by atoms with van der Waals surface area (Å²) in [6, 6.07) is 5.87. The van der Waals surface area contributed by atoms with Crippen molar-refractivity contribution < 1.29 is 17.9 Å². The van der Waals surface area contributed by atoms with Crippen molar-refractivity contribution in [1.29, 1.82) is 0 Å². The van der Waals surface area contributed by atoms with Gasteiger partial charge in [0.05, 0.1) is 17.6 Å². The molecule has 0 heterocycles. The molecule has 0 spiro atoms. The highest BCUT2D eigenvalue weighted by atomic mass is 32.2. The van der Waals surface area contributed by atoms with Crippen LogP contribution >= 0.6 is 0 Å². The van der Waals surface area contributed by atoms with E-state index in [0.29, 0.717) is 12.5 Å². The van der Waals surface area contributed by atoms with E-state index in [9.17, 15) is 13.2 Å². The van der Waals surface area contributed by atoms with Crippen LogP contribution in [0.2, 0.25) is 0 Å². The molecule has 1 aromatic rings. The Morgan fingerprint density at radius 2 is 2.05 bits per heavy atom. The molecule has 0 aliphatic rings. The first-order valence-electron chi connectivity index (χ1n) is 7.62. The summed E-state index contributed by atoms with van der Waals surface area (Å²) in [6.45, 7) is 4.60. The smallest absolute Gasteiger partial charge is 0.337 e. The van der Waals surface area contributed by atoms with Gasteiger partial charge in [-0.1, -0.05) is 39.2 Å². The van der Waals surface area contributed by atoms with E-state index in [0.717, 1.165) is 25.7 Å². The third kappa shape index (κ3) is 5.42. The molecule has 0 radical (unpaired) electrons. The minimum Gasteiger partial charge on any atom is -0.465 e. The molecule has 0 amide bonds. The first kappa shape index (κ1) is 18.6. The van der Waals surface area contributed by atoms with Crippen molar-refractivity contribution in [2.75, 3.05) is 13.7 Å². The van der Waals surface area contributed by atoms with Gasteiger partial charge >= 0.3 is 5.97 Å². The number of carbonyl (C=O) groups excluding carboxylic acids is 1. The van der Waals surface area contributed by atoms with Crippen LogP contribution in [0.5, 0.6) is 0 Å². The van der Waals surface area contributed by atoms with Crippen molar-refractivity contribution in [3.8, 4) is 0 Å². The molecule has 0 saturated heterocycles. The summed E-state index contributed by atoms with van der Waals surface area (Å²) in [7, 11) is -2.35. The van der Waals surface area contributed by atoms with Gasteiger partial charge in [-0.15, -0.1) is 0 Å². The van der Waals surface area contributed by atoms with E-state index in [1.165, 1.54) is 31.4 Å². The minimum absolute atomic E-state index is 0.0840. The predicted molar refractivity (Wildman–Crippen MR) is 86.3 cm³/mol. The van der Waals surface area contributed by atoms with Crippen LogP contribution in [0.25, 0.3) is 0 Å². The van der Waals surface area contributed by atoms with Gasteiger partial charge in [0.1, 0.15) is 0 Å². The largest absolute Gasteiger partial charge is 0.465 e. The first-order chi connectivity index (χ1) is 10.4. The second-order valence-corrected chi connectivity index (χ2v) is 7.05. The Morgan fingerprint density at radius 3 is 2.64 bits per heavy atom. The molecule has 6 heteroatoms. The van der Waals surface area contributed by atoms with Crippen LogP contribution in [0, 0.1) is 5.92 Å². The SMILES string of the molecule is CCCCC(CC)CNS(=O)(=O)c1cccc(C(=O)OC)c1.